The maximum absolute atomic E-state index is 11.8. The molecular formula is C13H17BrO3. The Hall–Kier alpha value is -1.03. The molecule has 0 bridgehead atoms. The lowest BCUT2D eigenvalue weighted by molar-refractivity contribution is 0.0524. The summed E-state index contributed by atoms with van der Waals surface area (Å²) in [4.78, 5) is 11.8. The lowest BCUT2D eigenvalue weighted by Gasteiger charge is -2.10. The molecule has 0 radical (unpaired) electrons. The highest BCUT2D eigenvalue weighted by Gasteiger charge is 2.13. The molecule has 3 nitrogen and oxygen atoms in total. The summed E-state index contributed by atoms with van der Waals surface area (Å²) in [5.41, 5.74) is 1.61. The highest BCUT2D eigenvalue weighted by Crippen LogP contribution is 2.20. The molecule has 1 aromatic rings. The van der Waals surface area contributed by atoms with E-state index in [-0.39, 0.29) is 5.97 Å². The highest BCUT2D eigenvalue weighted by molar-refractivity contribution is 9.09. The summed E-state index contributed by atoms with van der Waals surface area (Å²) in [7, 11) is 1.59. The Morgan fingerprint density at radius 1 is 1.41 bits per heavy atom. The standard InChI is InChI=1S/C13H17BrO3/c1-3-17-13(15)12-9-11(16-2)7-6-10(12)5-4-8-14/h6-7,9H,3-5,8H2,1-2H3. The minimum absolute atomic E-state index is 0.282. The van der Waals surface area contributed by atoms with Crippen LogP contribution in [0.15, 0.2) is 18.2 Å². The summed E-state index contributed by atoms with van der Waals surface area (Å²) in [5, 5.41) is 0.918. The third kappa shape index (κ3) is 4.04. The summed E-state index contributed by atoms with van der Waals surface area (Å²) in [6.07, 6.45) is 1.84. The molecular weight excluding hydrogens is 284 g/mol. The van der Waals surface area contributed by atoms with Crippen molar-refractivity contribution < 1.29 is 14.3 Å². The van der Waals surface area contributed by atoms with Gasteiger partial charge in [-0.1, -0.05) is 22.0 Å². The van der Waals surface area contributed by atoms with Crippen LogP contribution in [0, 0.1) is 0 Å². The van der Waals surface area contributed by atoms with E-state index in [4.69, 9.17) is 9.47 Å². The van der Waals surface area contributed by atoms with Crippen LogP contribution in [0.5, 0.6) is 5.75 Å². The summed E-state index contributed by atoms with van der Waals surface area (Å²) >= 11 is 3.39. The van der Waals surface area contributed by atoms with Gasteiger partial charge in [0, 0.05) is 5.33 Å². The van der Waals surface area contributed by atoms with Crippen LogP contribution in [0.3, 0.4) is 0 Å². The van der Waals surface area contributed by atoms with E-state index < -0.39 is 0 Å². The topological polar surface area (TPSA) is 35.5 Å². The van der Waals surface area contributed by atoms with Crippen molar-refractivity contribution in [2.45, 2.75) is 19.8 Å². The molecule has 0 amide bonds. The smallest absolute Gasteiger partial charge is 0.338 e. The fourth-order valence-electron chi connectivity index (χ4n) is 1.56. The Kier molecular flexibility index (Phi) is 6.05. The first-order valence-electron chi connectivity index (χ1n) is 5.63. The van der Waals surface area contributed by atoms with Crippen molar-refractivity contribution in [2.75, 3.05) is 19.0 Å². The van der Waals surface area contributed by atoms with E-state index in [0.29, 0.717) is 17.9 Å². The van der Waals surface area contributed by atoms with E-state index in [1.807, 2.05) is 12.1 Å². The van der Waals surface area contributed by atoms with Crippen LogP contribution in [0.4, 0.5) is 0 Å². The normalized spacial score (nSPS) is 10.1. The first kappa shape index (κ1) is 14.0. The zero-order chi connectivity index (χ0) is 12.7. The lowest BCUT2D eigenvalue weighted by atomic mass is 10.0. The number of halogens is 1. The summed E-state index contributed by atoms with van der Waals surface area (Å²) in [5.74, 6) is 0.395. The Morgan fingerprint density at radius 3 is 2.76 bits per heavy atom. The Labute approximate surface area is 110 Å². The number of alkyl halides is 1. The number of carbonyl (C=O) groups excluding carboxylic acids is 1. The van der Waals surface area contributed by atoms with Gasteiger partial charge in [-0.3, -0.25) is 0 Å². The summed E-state index contributed by atoms with van der Waals surface area (Å²) in [6, 6.07) is 5.53. The molecule has 17 heavy (non-hydrogen) atoms. The second-order valence-electron chi connectivity index (χ2n) is 3.54. The van der Waals surface area contributed by atoms with Crippen molar-refractivity contribution in [3.63, 3.8) is 0 Å². The van der Waals surface area contributed by atoms with Gasteiger partial charge in [-0.05, 0) is 37.5 Å². The van der Waals surface area contributed by atoms with Gasteiger partial charge in [0.05, 0.1) is 19.3 Å². The molecule has 0 aliphatic rings. The van der Waals surface area contributed by atoms with Crippen molar-refractivity contribution in [3.05, 3.63) is 29.3 Å². The van der Waals surface area contributed by atoms with E-state index in [2.05, 4.69) is 15.9 Å². The molecule has 4 heteroatoms. The molecule has 1 aromatic carbocycles. The van der Waals surface area contributed by atoms with Gasteiger partial charge in [-0.15, -0.1) is 0 Å². The van der Waals surface area contributed by atoms with Crippen LogP contribution in [-0.2, 0) is 11.2 Å². The Bertz CT molecular complexity index is 377. The number of benzene rings is 1. The first-order valence-corrected chi connectivity index (χ1v) is 6.75. The average Bonchev–Trinajstić information content (AvgIpc) is 2.36. The Balaban J connectivity index is 2.98. The third-order valence-corrected chi connectivity index (χ3v) is 2.95. The summed E-state index contributed by atoms with van der Waals surface area (Å²) in [6.45, 7) is 2.18. The fourth-order valence-corrected chi connectivity index (χ4v) is 1.84. The highest BCUT2D eigenvalue weighted by atomic mass is 79.9. The van der Waals surface area contributed by atoms with Crippen molar-refractivity contribution >= 4 is 21.9 Å². The van der Waals surface area contributed by atoms with Crippen molar-refractivity contribution in [2.24, 2.45) is 0 Å². The van der Waals surface area contributed by atoms with Crippen LogP contribution < -0.4 is 4.74 Å². The van der Waals surface area contributed by atoms with Gasteiger partial charge in [0.2, 0.25) is 0 Å². The SMILES string of the molecule is CCOC(=O)c1cc(OC)ccc1CCCBr. The van der Waals surface area contributed by atoms with E-state index in [1.165, 1.54) is 0 Å². The largest absolute Gasteiger partial charge is 0.497 e. The Morgan fingerprint density at radius 2 is 2.18 bits per heavy atom. The van der Waals surface area contributed by atoms with E-state index in [9.17, 15) is 4.79 Å². The van der Waals surface area contributed by atoms with Crippen molar-refractivity contribution in [3.8, 4) is 5.75 Å². The third-order valence-electron chi connectivity index (χ3n) is 2.39. The number of ether oxygens (including phenoxy) is 2. The lowest BCUT2D eigenvalue weighted by Crippen LogP contribution is -2.08. The van der Waals surface area contributed by atoms with Crippen LogP contribution in [-0.4, -0.2) is 25.0 Å². The van der Waals surface area contributed by atoms with Gasteiger partial charge in [0.1, 0.15) is 5.75 Å². The first-order chi connectivity index (χ1) is 8.22. The number of carbonyl (C=O) groups is 1. The predicted molar refractivity (Wildman–Crippen MR) is 71.1 cm³/mol. The van der Waals surface area contributed by atoms with Crippen LogP contribution in [0.2, 0.25) is 0 Å². The molecule has 0 saturated heterocycles. The van der Waals surface area contributed by atoms with Crippen LogP contribution in [0.1, 0.15) is 29.3 Å². The number of rotatable bonds is 6. The molecule has 0 aromatic heterocycles. The molecule has 0 heterocycles. The summed E-state index contributed by atoms with van der Waals surface area (Å²) < 4.78 is 10.2. The van der Waals surface area contributed by atoms with Gasteiger partial charge < -0.3 is 9.47 Å². The minimum Gasteiger partial charge on any atom is -0.497 e. The van der Waals surface area contributed by atoms with Gasteiger partial charge in [0.25, 0.3) is 0 Å². The van der Waals surface area contributed by atoms with Crippen LogP contribution >= 0.6 is 15.9 Å². The molecule has 1 rings (SSSR count). The number of esters is 1. The predicted octanol–water partition coefficient (Wildman–Crippen LogP) is 3.20. The quantitative estimate of drug-likeness (QED) is 0.598. The molecule has 0 spiro atoms. The molecule has 0 N–H and O–H groups in total. The molecule has 0 aliphatic carbocycles. The van der Waals surface area contributed by atoms with Gasteiger partial charge in [0.15, 0.2) is 0 Å². The number of methoxy groups -OCH3 is 1. The number of hydrogen-bond acceptors (Lipinski definition) is 3. The monoisotopic (exact) mass is 300 g/mol. The molecule has 0 atom stereocenters. The molecule has 0 unspecified atom stereocenters. The average molecular weight is 301 g/mol. The van der Waals surface area contributed by atoms with Gasteiger partial charge >= 0.3 is 5.97 Å². The molecule has 94 valence electrons. The molecule has 0 saturated carbocycles. The van der Waals surface area contributed by atoms with Crippen molar-refractivity contribution in [1.29, 1.82) is 0 Å². The van der Waals surface area contributed by atoms with Crippen molar-refractivity contribution in [1.82, 2.24) is 0 Å². The second-order valence-corrected chi connectivity index (χ2v) is 4.33. The van der Waals surface area contributed by atoms with Gasteiger partial charge in [-0.25, -0.2) is 4.79 Å². The molecule has 0 fully saturated rings. The zero-order valence-electron chi connectivity index (χ0n) is 10.2. The zero-order valence-corrected chi connectivity index (χ0v) is 11.7. The van der Waals surface area contributed by atoms with E-state index in [1.54, 1.807) is 20.1 Å². The maximum atomic E-state index is 11.8. The van der Waals surface area contributed by atoms with Gasteiger partial charge in [-0.2, -0.15) is 0 Å². The maximum Gasteiger partial charge on any atom is 0.338 e. The molecule has 0 aliphatic heterocycles. The second kappa shape index (κ2) is 7.33. The number of aryl methyl sites for hydroxylation is 1. The van der Waals surface area contributed by atoms with Crippen LogP contribution in [0.25, 0.3) is 0 Å². The van der Waals surface area contributed by atoms with E-state index >= 15 is 0 Å². The fraction of sp³-hybridized carbons (Fsp3) is 0.462. The minimum atomic E-state index is -0.282. The van der Waals surface area contributed by atoms with E-state index in [0.717, 1.165) is 23.7 Å². The number of hydrogen-bond donors (Lipinski definition) is 0.